The van der Waals surface area contributed by atoms with Gasteiger partial charge in [0.05, 0.1) is 0 Å². The molecule has 16 heavy (non-hydrogen) atoms. The second-order valence-corrected chi connectivity index (χ2v) is 5.13. The first kappa shape index (κ1) is 10.9. The van der Waals surface area contributed by atoms with Gasteiger partial charge in [-0.1, -0.05) is 13.8 Å². The maximum Gasteiger partial charge on any atom is 0.224 e. The van der Waals surface area contributed by atoms with Crippen LogP contribution in [0.5, 0.6) is 0 Å². The first-order chi connectivity index (χ1) is 7.59. The fourth-order valence-electron chi connectivity index (χ4n) is 2.23. The Kier molecular flexibility index (Phi) is 2.78. The van der Waals surface area contributed by atoms with E-state index in [1.165, 1.54) is 6.42 Å². The van der Waals surface area contributed by atoms with Crippen LogP contribution in [0.2, 0.25) is 0 Å². The van der Waals surface area contributed by atoms with Gasteiger partial charge in [-0.15, -0.1) is 0 Å². The van der Waals surface area contributed by atoms with Crippen molar-refractivity contribution in [2.45, 2.75) is 39.2 Å². The van der Waals surface area contributed by atoms with Crippen molar-refractivity contribution in [1.82, 2.24) is 9.97 Å². The first-order valence-electron chi connectivity index (χ1n) is 5.59. The molecule has 1 aliphatic carbocycles. The highest BCUT2D eigenvalue weighted by molar-refractivity contribution is 5.31. The van der Waals surface area contributed by atoms with Gasteiger partial charge < -0.3 is 5.32 Å². The van der Waals surface area contributed by atoms with Crippen molar-refractivity contribution < 1.29 is 0 Å². The Hall–Kier alpha value is -1.63. The molecular weight excluding hydrogens is 200 g/mol. The van der Waals surface area contributed by atoms with E-state index < -0.39 is 0 Å². The van der Waals surface area contributed by atoms with Crippen molar-refractivity contribution in [2.24, 2.45) is 5.41 Å². The molecule has 1 unspecified atom stereocenters. The lowest BCUT2D eigenvalue weighted by Crippen LogP contribution is -2.19. The Morgan fingerprint density at radius 1 is 1.56 bits per heavy atom. The van der Waals surface area contributed by atoms with Crippen LogP contribution in [0.3, 0.4) is 0 Å². The molecule has 0 aliphatic heterocycles. The van der Waals surface area contributed by atoms with Crippen molar-refractivity contribution in [3.8, 4) is 6.07 Å². The highest BCUT2D eigenvalue weighted by Gasteiger charge is 2.31. The Bertz CT molecular complexity index is 419. The van der Waals surface area contributed by atoms with Crippen LogP contribution in [0.1, 0.15) is 38.8 Å². The molecule has 1 aliphatic rings. The summed E-state index contributed by atoms with van der Waals surface area (Å²) in [6.45, 7) is 4.56. The van der Waals surface area contributed by atoms with E-state index in [9.17, 15) is 0 Å². The molecule has 0 saturated heterocycles. The summed E-state index contributed by atoms with van der Waals surface area (Å²) in [5.74, 6) is 0.571. The van der Waals surface area contributed by atoms with E-state index in [-0.39, 0.29) is 0 Å². The molecule has 1 N–H and O–H groups in total. The van der Waals surface area contributed by atoms with E-state index in [0.29, 0.717) is 23.1 Å². The van der Waals surface area contributed by atoms with E-state index in [2.05, 4.69) is 29.1 Å². The van der Waals surface area contributed by atoms with E-state index in [4.69, 9.17) is 5.26 Å². The zero-order chi connectivity index (χ0) is 11.6. The summed E-state index contributed by atoms with van der Waals surface area (Å²) in [6, 6.07) is 4.07. The van der Waals surface area contributed by atoms with Crippen molar-refractivity contribution >= 4 is 5.95 Å². The fourth-order valence-corrected chi connectivity index (χ4v) is 2.23. The van der Waals surface area contributed by atoms with Gasteiger partial charge in [0.25, 0.3) is 0 Å². The molecule has 4 nitrogen and oxygen atoms in total. The summed E-state index contributed by atoms with van der Waals surface area (Å²) < 4.78 is 0. The monoisotopic (exact) mass is 216 g/mol. The van der Waals surface area contributed by atoms with Crippen molar-refractivity contribution in [2.75, 3.05) is 5.32 Å². The maximum absolute atomic E-state index is 8.74. The fraction of sp³-hybridized carbons (Fsp3) is 0.583. The third-order valence-corrected chi connectivity index (χ3v) is 3.07. The number of hydrogen-bond acceptors (Lipinski definition) is 4. The Morgan fingerprint density at radius 3 is 3.00 bits per heavy atom. The second-order valence-electron chi connectivity index (χ2n) is 5.13. The molecule has 84 valence electrons. The normalized spacial score (nSPS) is 22.7. The SMILES string of the molecule is CC1(C)CCC(Nc2nccc(C#N)n2)C1. The minimum absolute atomic E-state index is 0.407. The molecule has 0 spiro atoms. The van der Waals surface area contributed by atoms with E-state index in [0.717, 1.165) is 12.8 Å². The topological polar surface area (TPSA) is 61.6 Å². The standard InChI is InChI=1S/C12H16N4/c1-12(2)5-3-9(7-12)15-11-14-6-4-10(8-13)16-11/h4,6,9H,3,5,7H2,1-2H3,(H,14,15,16). The third-order valence-electron chi connectivity index (χ3n) is 3.07. The van der Waals surface area contributed by atoms with Crippen molar-refractivity contribution in [1.29, 1.82) is 5.26 Å². The molecule has 0 aromatic carbocycles. The zero-order valence-corrected chi connectivity index (χ0v) is 9.70. The largest absolute Gasteiger partial charge is 0.351 e. The van der Waals surface area contributed by atoms with E-state index in [1.54, 1.807) is 12.3 Å². The third kappa shape index (κ3) is 2.48. The van der Waals surface area contributed by atoms with Crippen molar-refractivity contribution in [3.63, 3.8) is 0 Å². The Balaban J connectivity index is 2.02. The minimum Gasteiger partial charge on any atom is -0.351 e. The van der Waals surface area contributed by atoms with E-state index in [1.807, 2.05) is 6.07 Å². The van der Waals surface area contributed by atoms with Crippen LogP contribution in [0, 0.1) is 16.7 Å². The molecule has 1 atom stereocenters. The predicted octanol–water partition coefficient (Wildman–Crippen LogP) is 2.34. The average Bonchev–Trinajstić information content (AvgIpc) is 2.58. The number of hydrogen-bond donors (Lipinski definition) is 1. The molecule has 0 amide bonds. The highest BCUT2D eigenvalue weighted by Crippen LogP contribution is 2.37. The van der Waals surface area contributed by atoms with Crippen LogP contribution in [-0.4, -0.2) is 16.0 Å². The van der Waals surface area contributed by atoms with Gasteiger partial charge in [-0.25, -0.2) is 9.97 Å². The summed E-state index contributed by atoms with van der Waals surface area (Å²) in [7, 11) is 0. The quantitative estimate of drug-likeness (QED) is 0.824. The van der Waals surface area contributed by atoms with Crippen LogP contribution < -0.4 is 5.32 Å². The van der Waals surface area contributed by atoms with Gasteiger partial charge >= 0.3 is 0 Å². The highest BCUT2D eigenvalue weighted by atomic mass is 15.1. The zero-order valence-electron chi connectivity index (χ0n) is 9.70. The lowest BCUT2D eigenvalue weighted by Gasteiger charge is -2.17. The summed E-state index contributed by atoms with van der Waals surface area (Å²) in [6.07, 6.45) is 5.12. The van der Waals surface area contributed by atoms with Gasteiger partial charge in [-0.05, 0) is 30.7 Å². The number of nitrogens with zero attached hydrogens (tertiary/aromatic N) is 3. The molecule has 0 bridgehead atoms. The summed E-state index contributed by atoms with van der Waals surface area (Å²) in [4.78, 5) is 8.24. The molecule has 1 fully saturated rings. The number of aromatic nitrogens is 2. The molecule has 1 saturated carbocycles. The molecule has 1 aromatic heterocycles. The van der Waals surface area contributed by atoms with Crippen LogP contribution in [0.25, 0.3) is 0 Å². The second kappa shape index (κ2) is 4.09. The van der Waals surface area contributed by atoms with Gasteiger partial charge in [-0.2, -0.15) is 5.26 Å². The molecule has 0 radical (unpaired) electrons. The van der Waals surface area contributed by atoms with Crippen LogP contribution in [-0.2, 0) is 0 Å². The number of anilines is 1. The van der Waals surface area contributed by atoms with Crippen molar-refractivity contribution in [3.05, 3.63) is 18.0 Å². The van der Waals surface area contributed by atoms with Gasteiger partial charge in [0.2, 0.25) is 5.95 Å². The number of rotatable bonds is 2. The van der Waals surface area contributed by atoms with Crippen LogP contribution in [0.15, 0.2) is 12.3 Å². The smallest absolute Gasteiger partial charge is 0.224 e. The molecule has 2 rings (SSSR count). The van der Waals surface area contributed by atoms with Gasteiger partial charge in [0.1, 0.15) is 11.8 Å². The first-order valence-corrected chi connectivity index (χ1v) is 5.59. The van der Waals surface area contributed by atoms with Gasteiger partial charge in [0, 0.05) is 12.2 Å². The number of nitriles is 1. The Labute approximate surface area is 95.7 Å². The number of nitrogens with one attached hydrogen (secondary N) is 1. The average molecular weight is 216 g/mol. The maximum atomic E-state index is 8.74. The predicted molar refractivity (Wildman–Crippen MR) is 61.8 cm³/mol. The Morgan fingerprint density at radius 2 is 2.38 bits per heavy atom. The molecule has 1 heterocycles. The van der Waals surface area contributed by atoms with Gasteiger partial charge in [-0.3, -0.25) is 0 Å². The summed E-state index contributed by atoms with van der Waals surface area (Å²) in [5, 5.41) is 12.0. The summed E-state index contributed by atoms with van der Waals surface area (Å²) >= 11 is 0. The lowest BCUT2D eigenvalue weighted by atomic mass is 9.92. The molecule has 4 heteroatoms. The van der Waals surface area contributed by atoms with Crippen LogP contribution in [0.4, 0.5) is 5.95 Å². The van der Waals surface area contributed by atoms with Gasteiger partial charge in [0.15, 0.2) is 0 Å². The summed E-state index contributed by atoms with van der Waals surface area (Å²) in [5.41, 5.74) is 0.819. The molecular formula is C12H16N4. The lowest BCUT2D eigenvalue weighted by molar-refractivity contribution is 0.378. The van der Waals surface area contributed by atoms with E-state index >= 15 is 0 Å². The van der Waals surface area contributed by atoms with Crippen LogP contribution >= 0.6 is 0 Å². The minimum atomic E-state index is 0.407. The molecule has 1 aromatic rings.